The molecule has 3 N–H and O–H groups in total. The Morgan fingerprint density at radius 3 is 2.09 bits per heavy atom. The van der Waals surface area contributed by atoms with Crippen molar-refractivity contribution >= 4 is 18.0 Å². The first-order chi connectivity index (χ1) is 16.5. The van der Waals surface area contributed by atoms with E-state index in [4.69, 9.17) is 9.84 Å². The summed E-state index contributed by atoms with van der Waals surface area (Å²) < 4.78 is 5.53. The molecule has 3 aromatic carbocycles. The van der Waals surface area contributed by atoms with E-state index in [1.54, 1.807) is 24.3 Å². The second-order valence-electron chi connectivity index (χ2n) is 7.83. The zero-order valence-corrected chi connectivity index (χ0v) is 18.4. The third-order valence-corrected chi connectivity index (χ3v) is 5.64. The van der Waals surface area contributed by atoms with E-state index in [0.29, 0.717) is 5.56 Å². The number of alkyl carbamates (subject to hydrolysis) is 1. The predicted octanol–water partition coefficient (Wildman–Crippen LogP) is 4.10. The molecule has 0 saturated heterocycles. The van der Waals surface area contributed by atoms with Gasteiger partial charge >= 0.3 is 12.1 Å². The number of carboxylic acid groups (broad SMARTS) is 1. The first kappa shape index (κ1) is 22.8. The molecule has 0 heterocycles. The summed E-state index contributed by atoms with van der Waals surface area (Å²) >= 11 is 0. The Bertz CT molecular complexity index is 1190. The standard InChI is InChI=1S/C27H24N2O5/c30-25(31)10-5-15-28-26(32)19-13-11-18(12-14-19)16-29-27(33)34-17-24-22-8-3-1-6-20(22)21-7-2-4-9-23(21)24/h1-14,24H,15-17H2,(H,28,32)(H,29,33)(H,30,31)/b10-5+. The summed E-state index contributed by atoms with van der Waals surface area (Å²) in [7, 11) is 0. The Hall–Kier alpha value is -4.39. The average Bonchev–Trinajstić information content (AvgIpc) is 3.18. The van der Waals surface area contributed by atoms with Crippen LogP contribution in [-0.2, 0) is 16.1 Å². The molecule has 0 aromatic heterocycles. The lowest BCUT2D eigenvalue weighted by molar-refractivity contribution is -0.131. The van der Waals surface area contributed by atoms with Gasteiger partial charge in [-0.3, -0.25) is 4.79 Å². The number of amides is 2. The van der Waals surface area contributed by atoms with Crippen LogP contribution in [0.3, 0.4) is 0 Å². The van der Waals surface area contributed by atoms with Crippen molar-refractivity contribution in [3.63, 3.8) is 0 Å². The Morgan fingerprint density at radius 2 is 1.47 bits per heavy atom. The van der Waals surface area contributed by atoms with Gasteiger partial charge < -0.3 is 20.5 Å². The van der Waals surface area contributed by atoms with Gasteiger partial charge in [0.15, 0.2) is 0 Å². The predicted molar refractivity (Wildman–Crippen MR) is 127 cm³/mol. The monoisotopic (exact) mass is 456 g/mol. The minimum Gasteiger partial charge on any atom is -0.478 e. The molecule has 0 spiro atoms. The van der Waals surface area contributed by atoms with E-state index in [9.17, 15) is 14.4 Å². The number of nitrogens with one attached hydrogen (secondary N) is 2. The molecule has 0 atom stereocenters. The van der Waals surface area contributed by atoms with Crippen LogP contribution in [-0.4, -0.2) is 36.2 Å². The number of hydrogen-bond donors (Lipinski definition) is 3. The van der Waals surface area contributed by atoms with Crippen molar-refractivity contribution in [2.75, 3.05) is 13.2 Å². The molecule has 34 heavy (non-hydrogen) atoms. The summed E-state index contributed by atoms with van der Waals surface area (Å²) in [4.78, 5) is 34.8. The second-order valence-corrected chi connectivity index (χ2v) is 7.83. The van der Waals surface area contributed by atoms with Gasteiger partial charge in [0.2, 0.25) is 0 Å². The van der Waals surface area contributed by atoms with Crippen molar-refractivity contribution in [1.82, 2.24) is 10.6 Å². The van der Waals surface area contributed by atoms with E-state index in [-0.39, 0.29) is 31.5 Å². The van der Waals surface area contributed by atoms with Crippen LogP contribution in [0.25, 0.3) is 11.1 Å². The van der Waals surface area contributed by atoms with E-state index in [1.807, 2.05) is 24.3 Å². The fraction of sp³-hybridized carbons (Fsp3) is 0.148. The molecule has 0 saturated carbocycles. The third-order valence-electron chi connectivity index (χ3n) is 5.64. The van der Waals surface area contributed by atoms with Crippen molar-refractivity contribution in [1.29, 1.82) is 0 Å². The average molecular weight is 456 g/mol. The van der Waals surface area contributed by atoms with Gasteiger partial charge in [0.1, 0.15) is 6.61 Å². The second kappa shape index (κ2) is 10.5. The Morgan fingerprint density at radius 1 is 0.853 bits per heavy atom. The number of benzene rings is 3. The minimum atomic E-state index is -1.07. The van der Waals surface area contributed by atoms with Crippen LogP contribution >= 0.6 is 0 Å². The highest BCUT2D eigenvalue weighted by Gasteiger charge is 2.28. The molecule has 1 aliphatic rings. The van der Waals surface area contributed by atoms with E-state index in [2.05, 4.69) is 34.9 Å². The summed E-state index contributed by atoms with van der Waals surface area (Å²) in [6.07, 6.45) is 1.82. The fourth-order valence-corrected chi connectivity index (χ4v) is 4.01. The van der Waals surface area contributed by atoms with Crippen LogP contribution < -0.4 is 10.6 Å². The Balaban J connectivity index is 1.27. The minimum absolute atomic E-state index is 0.00119. The number of carboxylic acids is 1. The summed E-state index contributed by atoms with van der Waals surface area (Å²) in [5.41, 5.74) is 5.92. The first-order valence-corrected chi connectivity index (χ1v) is 10.9. The fourth-order valence-electron chi connectivity index (χ4n) is 4.01. The molecular formula is C27H24N2O5. The number of rotatable bonds is 8. The van der Waals surface area contributed by atoms with Crippen LogP contribution in [0.1, 0.15) is 33.0 Å². The van der Waals surface area contributed by atoms with E-state index >= 15 is 0 Å². The number of carbonyl (C=O) groups excluding carboxylic acids is 2. The largest absolute Gasteiger partial charge is 0.478 e. The molecule has 2 amide bonds. The van der Waals surface area contributed by atoms with Gasteiger partial charge in [-0.15, -0.1) is 0 Å². The molecule has 0 unspecified atom stereocenters. The first-order valence-electron chi connectivity index (χ1n) is 10.9. The summed E-state index contributed by atoms with van der Waals surface area (Å²) in [6.45, 7) is 0.630. The van der Waals surface area contributed by atoms with Crippen LogP contribution in [0, 0.1) is 0 Å². The molecule has 0 radical (unpaired) electrons. The zero-order valence-electron chi connectivity index (χ0n) is 18.4. The Labute approximate surface area is 197 Å². The van der Waals surface area contributed by atoms with Crippen LogP contribution in [0.15, 0.2) is 84.9 Å². The highest BCUT2D eigenvalue weighted by Crippen LogP contribution is 2.44. The molecule has 3 aromatic rings. The maximum absolute atomic E-state index is 12.3. The molecule has 0 aliphatic heterocycles. The maximum Gasteiger partial charge on any atom is 0.407 e. The van der Waals surface area contributed by atoms with Gasteiger partial charge in [0.25, 0.3) is 5.91 Å². The highest BCUT2D eigenvalue weighted by molar-refractivity contribution is 5.94. The zero-order chi connectivity index (χ0) is 23.9. The van der Waals surface area contributed by atoms with E-state index < -0.39 is 12.1 Å². The van der Waals surface area contributed by atoms with Crippen LogP contribution in [0.5, 0.6) is 0 Å². The van der Waals surface area contributed by atoms with Gasteiger partial charge in [0, 0.05) is 30.6 Å². The molecule has 0 fully saturated rings. The van der Waals surface area contributed by atoms with Crippen molar-refractivity contribution < 1.29 is 24.2 Å². The molecule has 7 heteroatoms. The van der Waals surface area contributed by atoms with Gasteiger partial charge in [-0.05, 0) is 39.9 Å². The number of hydrogen-bond acceptors (Lipinski definition) is 4. The topological polar surface area (TPSA) is 105 Å². The summed E-state index contributed by atoms with van der Waals surface area (Å²) in [5.74, 6) is -1.38. The molecule has 4 rings (SSSR count). The molecule has 1 aliphatic carbocycles. The summed E-state index contributed by atoms with van der Waals surface area (Å²) in [5, 5.41) is 13.9. The van der Waals surface area contributed by atoms with Crippen LogP contribution in [0.2, 0.25) is 0 Å². The molecule has 7 nitrogen and oxygen atoms in total. The number of fused-ring (bicyclic) bond motifs is 3. The van der Waals surface area contributed by atoms with Gasteiger partial charge in [-0.25, -0.2) is 9.59 Å². The van der Waals surface area contributed by atoms with Crippen molar-refractivity contribution in [2.45, 2.75) is 12.5 Å². The van der Waals surface area contributed by atoms with Gasteiger partial charge in [0.05, 0.1) is 0 Å². The lowest BCUT2D eigenvalue weighted by Gasteiger charge is -2.14. The number of aliphatic carboxylic acids is 1. The molecular weight excluding hydrogens is 432 g/mol. The quantitative estimate of drug-likeness (QED) is 0.443. The normalized spacial score (nSPS) is 12.1. The highest BCUT2D eigenvalue weighted by atomic mass is 16.5. The Kier molecular flexibility index (Phi) is 7.03. The van der Waals surface area contributed by atoms with E-state index in [0.717, 1.165) is 22.8 Å². The van der Waals surface area contributed by atoms with E-state index in [1.165, 1.54) is 17.2 Å². The van der Waals surface area contributed by atoms with Gasteiger partial charge in [-0.1, -0.05) is 66.7 Å². The number of carbonyl (C=O) groups is 3. The SMILES string of the molecule is O=C(O)/C=C/CNC(=O)c1ccc(CNC(=O)OCC2c3ccccc3-c3ccccc32)cc1. The molecule has 0 bridgehead atoms. The number of ether oxygens (including phenoxy) is 1. The maximum atomic E-state index is 12.3. The summed E-state index contributed by atoms with van der Waals surface area (Å²) in [6, 6.07) is 23.1. The lowest BCUT2D eigenvalue weighted by Crippen LogP contribution is -2.26. The van der Waals surface area contributed by atoms with Crippen LogP contribution in [0.4, 0.5) is 4.79 Å². The molecule has 172 valence electrons. The van der Waals surface area contributed by atoms with Crippen molar-refractivity contribution in [3.05, 3.63) is 107 Å². The van der Waals surface area contributed by atoms with Gasteiger partial charge in [-0.2, -0.15) is 0 Å². The smallest absolute Gasteiger partial charge is 0.407 e. The third kappa shape index (κ3) is 5.32. The lowest BCUT2D eigenvalue weighted by atomic mass is 9.98. The van der Waals surface area contributed by atoms with Crippen molar-refractivity contribution in [3.8, 4) is 11.1 Å². The van der Waals surface area contributed by atoms with Crippen molar-refractivity contribution in [2.24, 2.45) is 0 Å².